The van der Waals surface area contributed by atoms with Gasteiger partial charge in [0.15, 0.2) is 6.61 Å². The number of hydrogen-bond acceptors (Lipinski definition) is 5. The number of halogens is 2. The lowest BCUT2D eigenvalue weighted by Crippen LogP contribution is -2.32. The Bertz CT molecular complexity index is 696. The van der Waals surface area contributed by atoms with Crippen LogP contribution in [0.2, 0.25) is 5.02 Å². The van der Waals surface area contributed by atoms with Crippen molar-refractivity contribution in [2.75, 3.05) is 25.0 Å². The number of nitrogens with one attached hydrogen (secondary N) is 2. The zero-order valence-corrected chi connectivity index (χ0v) is 13.8. The Labute approximate surface area is 147 Å². The predicted octanol–water partition coefficient (Wildman–Crippen LogP) is 1.29. The summed E-state index contributed by atoms with van der Waals surface area (Å²) in [5, 5.41) is 4.79. The summed E-state index contributed by atoms with van der Waals surface area (Å²) in [6, 6.07) is 3.24. The number of rotatable bonds is 7. The molecular weight excluding hydrogens is 357 g/mol. The maximum absolute atomic E-state index is 13.5. The van der Waals surface area contributed by atoms with Crippen molar-refractivity contribution in [2.45, 2.75) is 12.8 Å². The lowest BCUT2D eigenvalue weighted by Gasteiger charge is -2.11. The van der Waals surface area contributed by atoms with Gasteiger partial charge >= 0.3 is 12.0 Å². The fraction of sp³-hybridized carbons (Fsp3) is 0.333. The van der Waals surface area contributed by atoms with Crippen LogP contribution in [0.1, 0.15) is 12.8 Å². The molecule has 1 aromatic rings. The van der Waals surface area contributed by atoms with Gasteiger partial charge in [0.1, 0.15) is 5.82 Å². The van der Waals surface area contributed by atoms with Crippen LogP contribution < -0.4 is 10.6 Å². The van der Waals surface area contributed by atoms with Crippen LogP contribution in [0.3, 0.4) is 0 Å². The summed E-state index contributed by atoms with van der Waals surface area (Å²) in [4.78, 5) is 46.8. The molecule has 0 spiro atoms. The second-order valence-corrected chi connectivity index (χ2v) is 5.58. The molecule has 0 bridgehead atoms. The Morgan fingerprint density at radius 1 is 1.36 bits per heavy atom. The topological polar surface area (TPSA) is 105 Å². The summed E-state index contributed by atoms with van der Waals surface area (Å²) in [6.45, 7) is -0.545. The molecule has 4 amide bonds. The third-order valence-electron chi connectivity index (χ3n) is 3.27. The lowest BCUT2D eigenvalue weighted by molar-refractivity contribution is -0.147. The largest absolute Gasteiger partial charge is 0.456 e. The molecule has 2 rings (SSSR count). The zero-order valence-electron chi connectivity index (χ0n) is 13.0. The molecule has 134 valence electrons. The average molecular weight is 372 g/mol. The molecule has 0 aromatic heterocycles. The van der Waals surface area contributed by atoms with Crippen LogP contribution in [0.25, 0.3) is 0 Å². The number of urea groups is 1. The maximum atomic E-state index is 13.5. The molecule has 1 fully saturated rings. The van der Waals surface area contributed by atoms with Crippen LogP contribution in [0.4, 0.5) is 14.9 Å². The predicted molar refractivity (Wildman–Crippen MR) is 85.3 cm³/mol. The highest BCUT2D eigenvalue weighted by Crippen LogP contribution is 2.18. The van der Waals surface area contributed by atoms with Crippen LogP contribution in [-0.4, -0.2) is 48.4 Å². The van der Waals surface area contributed by atoms with Crippen molar-refractivity contribution >= 4 is 41.1 Å². The van der Waals surface area contributed by atoms with Crippen LogP contribution in [0.5, 0.6) is 0 Å². The normalized spacial score (nSPS) is 13.6. The number of nitrogens with zero attached hydrogens (tertiary/aromatic N) is 1. The molecule has 10 heteroatoms. The third-order valence-corrected chi connectivity index (χ3v) is 3.50. The van der Waals surface area contributed by atoms with Gasteiger partial charge in [0, 0.05) is 18.0 Å². The zero-order chi connectivity index (χ0) is 18.4. The van der Waals surface area contributed by atoms with Crippen molar-refractivity contribution in [3.63, 3.8) is 0 Å². The van der Waals surface area contributed by atoms with Gasteiger partial charge in [-0.15, -0.1) is 0 Å². The van der Waals surface area contributed by atoms with E-state index in [4.69, 9.17) is 16.3 Å². The molecule has 0 saturated carbocycles. The van der Waals surface area contributed by atoms with Crippen molar-refractivity contribution in [2.24, 2.45) is 0 Å². The molecular formula is C15H15ClFN3O5. The fourth-order valence-corrected chi connectivity index (χ4v) is 2.22. The molecule has 2 N–H and O–H groups in total. The Morgan fingerprint density at radius 3 is 2.76 bits per heavy atom. The minimum absolute atomic E-state index is 0.0509. The maximum Gasteiger partial charge on any atom is 0.324 e. The number of carbonyl (C=O) groups excluding carboxylic acids is 4. The number of ether oxygens (including phenoxy) is 1. The Balaban J connectivity index is 1.68. The van der Waals surface area contributed by atoms with E-state index in [2.05, 4.69) is 10.6 Å². The van der Waals surface area contributed by atoms with Crippen molar-refractivity contribution in [3.8, 4) is 0 Å². The van der Waals surface area contributed by atoms with Crippen molar-refractivity contribution in [3.05, 3.63) is 29.0 Å². The van der Waals surface area contributed by atoms with Gasteiger partial charge in [-0.2, -0.15) is 0 Å². The first kappa shape index (κ1) is 18.7. The highest BCUT2D eigenvalue weighted by molar-refractivity contribution is 6.30. The van der Waals surface area contributed by atoms with Crippen molar-refractivity contribution in [1.82, 2.24) is 10.2 Å². The average Bonchev–Trinajstić information content (AvgIpc) is 2.87. The van der Waals surface area contributed by atoms with Gasteiger partial charge in [-0.1, -0.05) is 11.6 Å². The van der Waals surface area contributed by atoms with E-state index in [0.29, 0.717) is 0 Å². The quantitative estimate of drug-likeness (QED) is 0.555. The first-order chi connectivity index (χ1) is 11.9. The Hall–Kier alpha value is -2.68. The van der Waals surface area contributed by atoms with E-state index in [1.807, 2.05) is 0 Å². The van der Waals surface area contributed by atoms with Gasteiger partial charge in [0.05, 0.1) is 12.2 Å². The highest BCUT2D eigenvalue weighted by Gasteiger charge is 2.27. The Morgan fingerprint density at radius 2 is 2.12 bits per heavy atom. The molecule has 1 aliphatic rings. The van der Waals surface area contributed by atoms with Gasteiger partial charge in [-0.25, -0.2) is 9.18 Å². The molecule has 0 aliphatic carbocycles. The van der Waals surface area contributed by atoms with Gasteiger partial charge in [0.2, 0.25) is 5.91 Å². The first-order valence-electron chi connectivity index (χ1n) is 7.35. The highest BCUT2D eigenvalue weighted by atomic mass is 35.5. The van der Waals surface area contributed by atoms with Gasteiger partial charge < -0.3 is 15.4 Å². The molecule has 8 nitrogen and oxygen atoms in total. The summed E-state index contributed by atoms with van der Waals surface area (Å²) < 4.78 is 18.3. The second-order valence-electron chi connectivity index (χ2n) is 5.14. The summed E-state index contributed by atoms with van der Waals surface area (Å²) in [5.74, 6) is -2.44. The van der Waals surface area contributed by atoms with Crippen LogP contribution >= 0.6 is 11.6 Å². The van der Waals surface area contributed by atoms with E-state index in [1.165, 1.54) is 12.1 Å². The van der Waals surface area contributed by atoms with Gasteiger partial charge in [-0.05, 0) is 24.6 Å². The fourth-order valence-electron chi connectivity index (χ4n) is 2.06. The van der Waals surface area contributed by atoms with Crippen LogP contribution in [0.15, 0.2) is 18.2 Å². The van der Waals surface area contributed by atoms with E-state index >= 15 is 0 Å². The number of benzene rings is 1. The minimum atomic E-state index is -0.708. The monoisotopic (exact) mass is 371 g/mol. The number of hydrogen-bond donors (Lipinski definition) is 2. The van der Waals surface area contributed by atoms with E-state index in [-0.39, 0.29) is 42.5 Å². The molecule has 0 radical (unpaired) electrons. The van der Waals surface area contributed by atoms with E-state index < -0.39 is 30.3 Å². The molecule has 1 aliphatic heterocycles. The number of amides is 4. The summed E-state index contributed by atoms with van der Waals surface area (Å²) in [5.41, 5.74) is -0.0796. The number of imide groups is 1. The number of anilines is 1. The van der Waals surface area contributed by atoms with E-state index in [9.17, 15) is 23.6 Å². The van der Waals surface area contributed by atoms with Crippen molar-refractivity contribution < 1.29 is 28.3 Å². The Kier molecular flexibility index (Phi) is 6.29. The molecule has 0 atom stereocenters. The second kappa shape index (κ2) is 8.43. The van der Waals surface area contributed by atoms with Crippen LogP contribution in [-0.2, 0) is 19.1 Å². The van der Waals surface area contributed by atoms with Gasteiger partial charge in [0.25, 0.3) is 5.91 Å². The van der Waals surface area contributed by atoms with Crippen LogP contribution in [0, 0.1) is 5.82 Å². The first-order valence-corrected chi connectivity index (χ1v) is 7.73. The van der Waals surface area contributed by atoms with Gasteiger partial charge in [-0.3, -0.25) is 19.3 Å². The molecule has 1 saturated heterocycles. The molecule has 25 heavy (non-hydrogen) atoms. The summed E-state index contributed by atoms with van der Waals surface area (Å²) in [6.07, 6.45) is 0.144. The smallest absolute Gasteiger partial charge is 0.324 e. The number of esters is 1. The van der Waals surface area contributed by atoms with Crippen molar-refractivity contribution in [1.29, 1.82) is 0 Å². The summed E-state index contributed by atoms with van der Waals surface area (Å²) in [7, 11) is 0. The van der Waals surface area contributed by atoms with E-state index in [1.54, 1.807) is 0 Å². The summed E-state index contributed by atoms with van der Waals surface area (Å²) >= 11 is 5.60. The third kappa shape index (κ3) is 5.42. The number of carbonyl (C=O) groups is 4. The lowest BCUT2D eigenvalue weighted by atomic mass is 10.3. The van der Waals surface area contributed by atoms with E-state index in [0.717, 1.165) is 11.0 Å². The molecule has 1 aromatic carbocycles. The molecule has 1 heterocycles. The standard InChI is InChI=1S/C15H15ClFN3O5/c16-9-3-4-11(10(17)6-9)19-12(21)8-25-14(23)2-1-5-20-13(22)7-18-15(20)24/h3-4,6H,1-2,5,7-8H2,(H,18,24)(H,19,21). The minimum Gasteiger partial charge on any atom is -0.456 e. The SMILES string of the molecule is O=C(COC(=O)CCCN1C(=O)CNC1=O)Nc1ccc(Cl)cc1F. The molecule has 0 unspecified atom stereocenters.